The molecule has 2 aromatic carbocycles. The van der Waals surface area contributed by atoms with Gasteiger partial charge in [0.2, 0.25) is 0 Å². The Balaban J connectivity index is 1.75. The van der Waals surface area contributed by atoms with E-state index in [0.717, 1.165) is 48.6 Å². The highest BCUT2D eigenvalue weighted by Gasteiger charge is 2.25. The molecule has 2 N–H and O–H groups in total. The molecule has 0 bridgehead atoms. The summed E-state index contributed by atoms with van der Waals surface area (Å²) in [4.78, 5) is 18.9. The second kappa shape index (κ2) is 9.94. The number of likely N-dealkylation sites (tertiary alicyclic amines) is 1. The number of rotatable bonds is 6. The van der Waals surface area contributed by atoms with Crippen LogP contribution in [0.2, 0.25) is 0 Å². The maximum atomic E-state index is 11.4. The van der Waals surface area contributed by atoms with Crippen molar-refractivity contribution in [2.75, 3.05) is 20.1 Å². The fourth-order valence-corrected chi connectivity index (χ4v) is 4.51. The summed E-state index contributed by atoms with van der Waals surface area (Å²) < 4.78 is 2.41. The highest BCUT2D eigenvalue weighted by atomic mass is 16.5. The molecule has 3 aromatic rings. The van der Waals surface area contributed by atoms with Gasteiger partial charge >= 0.3 is 0 Å². The standard InChI is InChI=1S/C26H30N4O2/c1-19-24(17-20-8-4-3-5-9-20)27-26(30(19)23-12-7-15-29(2)18-23)22-11-6-10-21(16-22)13-14-25(31)28-32/h3-6,8-11,13-14,16,23,32H,7,12,15,17-18H2,1-2H3,(H,28,31)/b14-13+/t23-/m1/s1. The molecule has 32 heavy (non-hydrogen) atoms. The van der Waals surface area contributed by atoms with Crippen LogP contribution in [-0.2, 0) is 11.2 Å². The Morgan fingerprint density at radius 1 is 1.22 bits per heavy atom. The number of aromatic nitrogens is 2. The number of hydrogen-bond acceptors (Lipinski definition) is 4. The summed E-state index contributed by atoms with van der Waals surface area (Å²) in [5.74, 6) is 0.415. The molecule has 0 radical (unpaired) electrons. The van der Waals surface area contributed by atoms with Crippen LogP contribution in [0.15, 0.2) is 60.7 Å². The lowest BCUT2D eigenvalue weighted by molar-refractivity contribution is -0.124. The van der Waals surface area contributed by atoms with Crippen LogP contribution in [0.25, 0.3) is 17.5 Å². The molecule has 0 unspecified atom stereocenters. The van der Waals surface area contributed by atoms with Crippen LogP contribution in [0.3, 0.4) is 0 Å². The van der Waals surface area contributed by atoms with Gasteiger partial charge in [-0.3, -0.25) is 10.0 Å². The average Bonchev–Trinajstić information content (AvgIpc) is 3.14. The lowest BCUT2D eigenvalue weighted by Gasteiger charge is -2.32. The molecule has 2 heterocycles. The topological polar surface area (TPSA) is 70.4 Å². The molecule has 0 aliphatic carbocycles. The molecule has 1 aromatic heterocycles. The lowest BCUT2D eigenvalue weighted by atomic mass is 10.0. The third-order valence-corrected chi connectivity index (χ3v) is 6.11. The monoisotopic (exact) mass is 430 g/mol. The quantitative estimate of drug-likeness (QED) is 0.349. The molecular weight excluding hydrogens is 400 g/mol. The number of imidazole rings is 1. The van der Waals surface area contributed by atoms with Crippen molar-refractivity contribution in [3.63, 3.8) is 0 Å². The summed E-state index contributed by atoms with van der Waals surface area (Å²) in [5.41, 5.74) is 7.08. The maximum absolute atomic E-state index is 11.4. The van der Waals surface area contributed by atoms with Gasteiger partial charge in [0.25, 0.3) is 5.91 Å². The Hall–Kier alpha value is -3.22. The number of nitrogens with zero attached hydrogens (tertiary/aromatic N) is 3. The van der Waals surface area contributed by atoms with Crippen LogP contribution in [0.4, 0.5) is 0 Å². The number of nitrogens with one attached hydrogen (secondary N) is 1. The molecular formula is C26H30N4O2. The molecule has 1 aliphatic heterocycles. The Labute approximate surface area is 189 Å². The first kappa shape index (κ1) is 22.0. The number of piperidine rings is 1. The summed E-state index contributed by atoms with van der Waals surface area (Å²) in [7, 11) is 2.18. The Morgan fingerprint density at radius 3 is 2.78 bits per heavy atom. The van der Waals surface area contributed by atoms with E-state index in [4.69, 9.17) is 10.2 Å². The maximum Gasteiger partial charge on any atom is 0.267 e. The number of hydrogen-bond donors (Lipinski definition) is 2. The van der Waals surface area contributed by atoms with Crippen LogP contribution in [-0.4, -0.2) is 45.7 Å². The zero-order valence-corrected chi connectivity index (χ0v) is 18.7. The first-order valence-electron chi connectivity index (χ1n) is 11.1. The molecule has 1 aliphatic rings. The van der Waals surface area contributed by atoms with Crippen LogP contribution in [0, 0.1) is 6.92 Å². The summed E-state index contributed by atoms with van der Waals surface area (Å²) >= 11 is 0. The van der Waals surface area contributed by atoms with Gasteiger partial charge < -0.3 is 9.47 Å². The van der Waals surface area contributed by atoms with E-state index in [0.29, 0.717) is 6.04 Å². The van der Waals surface area contributed by atoms with E-state index < -0.39 is 5.91 Å². The predicted molar refractivity (Wildman–Crippen MR) is 126 cm³/mol. The van der Waals surface area contributed by atoms with Crippen molar-refractivity contribution < 1.29 is 10.0 Å². The van der Waals surface area contributed by atoms with Crippen LogP contribution >= 0.6 is 0 Å². The van der Waals surface area contributed by atoms with E-state index in [9.17, 15) is 4.79 Å². The molecule has 166 valence electrons. The van der Waals surface area contributed by atoms with Gasteiger partial charge in [-0.05, 0) is 56.6 Å². The van der Waals surface area contributed by atoms with E-state index in [1.165, 1.54) is 23.8 Å². The van der Waals surface area contributed by atoms with Crippen molar-refractivity contribution in [1.82, 2.24) is 19.9 Å². The first-order chi connectivity index (χ1) is 15.5. The molecule has 1 saturated heterocycles. The Morgan fingerprint density at radius 2 is 2.03 bits per heavy atom. The molecule has 0 spiro atoms. The fourth-order valence-electron chi connectivity index (χ4n) is 4.51. The molecule has 0 saturated carbocycles. The zero-order valence-electron chi connectivity index (χ0n) is 18.7. The smallest absolute Gasteiger partial charge is 0.267 e. The number of carbonyl (C=O) groups excluding carboxylic acids is 1. The van der Waals surface area contributed by atoms with Gasteiger partial charge in [-0.1, -0.05) is 48.5 Å². The normalized spacial score (nSPS) is 17.0. The fraction of sp³-hybridized carbons (Fsp3) is 0.308. The molecule has 1 atom stereocenters. The number of amides is 1. The SMILES string of the molecule is Cc1c(Cc2ccccc2)nc(-c2cccc(/C=C/C(=O)NO)c2)n1[C@@H]1CCCN(C)C1. The van der Waals surface area contributed by atoms with Gasteiger partial charge in [-0.2, -0.15) is 0 Å². The van der Waals surface area contributed by atoms with E-state index in [-0.39, 0.29) is 0 Å². The molecule has 1 amide bonds. The van der Waals surface area contributed by atoms with Gasteiger partial charge in [0.05, 0.1) is 5.69 Å². The second-order valence-electron chi connectivity index (χ2n) is 8.49. The third kappa shape index (κ3) is 4.98. The van der Waals surface area contributed by atoms with Gasteiger partial charge in [-0.25, -0.2) is 10.5 Å². The van der Waals surface area contributed by atoms with Crippen molar-refractivity contribution in [2.45, 2.75) is 32.2 Å². The van der Waals surface area contributed by atoms with Crippen molar-refractivity contribution >= 4 is 12.0 Å². The summed E-state index contributed by atoms with van der Waals surface area (Å²) in [5, 5.41) is 8.73. The largest absolute Gasteiger partial charge is 0.324 e. The van der Waals surface area contributed by atoms with Crippen molar-refractivity contribution in [1.29, 1.82) is 0 Å². The third-order valence-electron chi connectivity index (χ3n) is 6.11. The van der Waals surface area contributed by atoms with Crippen molar-refractivity contribution in [3.05, 3.63) is 83.2 Å². The molecule has 6 nitrogen and oxygen atoms in total. The second-order valence-corrected chi connectivity index (χ2v) is 8.49. The molecule has 4 rings (SSSR count). The highest BCUT2D eigenvalue weighted by Crippen LogP contribution is 2.32. The number of benzene rings is 2. The van der Waals surface area contributed by atoms with Crippen molar-refractivity contribution in [2.24, 2.45) is 0 Å². The van der Waals surface area contributed by atoms with E-state index in [1.54, 1.807) is 11.6 Å². The van der Waals surface area contributed by atoms with E-state index in [2.05, 4.69) is 53.8 Å². The van der Waals surface area contributed by atoms with Gasteiger partial charge in [0.15, 0.2) is 0 Å². The van der Waals surface area contributed by atoms with Crippen LogP contribution < -0.4 is 5.48 Å². The number of likely N-dealkylation sites (N-methyl/N-ethyl adjacent to an activating group) is 1. The predicted octanol–water partition coefficient (Wildman–Crippen LogP) is 4.23. The van der Waals surface area contributed by atoms with E-state index >= 15 is 0 Å². The minimum absolute atomic E-state index is 0.375. The minimum atomic E-state index is -0.553. The number of hydroxylamine groups is 1. The summed E-state index contributed by atoms with van der Waals surface area (Å²) in [6.07, 6.45) is 6.11. The minimum Gasteiger partial charge on any atom is -0.324 e. The van der Waals surface area contributed by atoms with Crippen molar-refractivity contribution in [3.8, 4) is 11.4 Å². The van der Waals surface area contributed by atoms with Crippen LogP contribution in [0.5, 0.6) is 0 Å². The van der Waals surface area contributed by atoms with Crippen LogP contribution in [0.1, 0.15) is 41.4 Å². The molecule has 6 heteroatoms. The highest BCUT2D eigenvalue weighted by molar-refractivity contribution is 5.91. The lowest BCUT2D eigenvalue weighted by Crippen LogP contribution is -2.34. The van der Waals surface area contributed by atoms with Gasteiger partial charge in [0, 0.05) is 36.3 Å². The zero-order chi connectivity index (χ0) is 22.5. The van der Waals surface area contributed by atoms with Gasteiger partial charge in [-0.15, -0.1) is 0 Å². The first-order valence-corrected chi connectivity index (χ1v) is 11.1. The molecule has 1 fully saturated rings. The Kier molecular flexibility index (Phi) is 6.83. The summed E-state index contributed by atoms with van der Waals surface area (Å²) in [6.45, 7) is 4.31. The summed E-state index contributed by atoms with van der Waals surface area (Å²) in [6, 6.07) is 18.9. The van der Waals surface area contributed by atoms with E-state index in [1.807, 2.05) is 24.3 Å². The average molecular weight is 431 g/mol. The number of carbonyl (C=O) groups is 1. The van der Waals surface area contributed by atoms with Gasteiger partial charge in [0.1, 0.15) is 5.82 Å². The Bertz CT molecular complexity index is 1100.